The number of rotatable bonds is 3. The summed E-state index contributed by atoms with van der Waals surface area (Å²) >= 11 is 0. The Kier molecular flexibility index (Phi) is 3.24. The van der Waals surface area contributed by atoms with Crippen molar-refractivity contribution in [3.8, 4) is 11.3 Å². The summed E-state index contributed by atoms with van der Waals surface area (Å²) < 4.78 is 12.9. The quantitative estimate of drug-likeness (QED) is 0.857. The van der Waals surface area contributed by atoms with Gasteiger partial charge in [-0.3, -0.25) is 0 Å². The van der Waals surface area contributed by atoms with Crippen molar-refractivity contribution in [3.63, 3.8) is 0 Å². The van der Waals surface area contributed by atoms with Crippen molar-refractivity contribution in [1.82, 2.24) is 9.97 Å². The fourth-order valence-corrected chi connectivity index (χ4v) is 1.76. The highest BCUT2D eigenvalue weighted by molar-refractivity contribution is 5.62. The maximum absolute atomic E-state index is 12.9. The Hall–Kier alpha value is -1.68. The number of hydrogen-bond acceptors (Lipinski definition) is 2. The minimum atomic E-state index is -0.266. The Morgan fingerprint density at radius 3 is 2.47 bits per heavy atom. The number of H-pyrrole nitrogens is 1. The second-order valence-corrected chi connectivity index (χ2v) is 4.27. The number of aliphatic hydroxyl groups excluding tert-OH is 1. The number of hydrogen-bond donors (Lipinski definition) is 2. The molecule has 4 heteroatoms. The van der Waals surface area contributed by atoms with Gasteiger partial charge < -0.3 is 10.1 Å². The number of aliphatic hydroxyl groups is 1. The van der Waals surface area contributed by atoms with E-state index in [-0.39, 0.29) is 18.3 Å². The highest BCUT2D eigenvalue weighted by Gasteiger charge is 2.14. The van der Waals surface area contributed by atoms with Crippen LogP contribution in [0, 0.1) is 5.82 Å². The van der Waals surface area contributed by atoms with Crippen LogP contribution < -0.4 is 0 Å². The largest absolute Gasteiger partial charge is 0.388 e. The Labute approximate surface area is 99.3 Å². The molecule has 90 valence electrons. The average Bonchev–Trinajstić information content (AvgIpc) is 2.74. The van der Waals surface area contributed by atoms with Gasteiger partial charge in [-0.25, -0.2) is 9.37 Å². The molecule has 0 amide bonds. The number of aromatic nitrogens is 2. The molecule has 17 heavy (non-hydrogen) atoms. The Morgan fingerprint density at radius 2 is 1.94 bits per heavy atom. The van der Waals surface area contributed by atoms with E-state index in [9.17, 15) is 4.39 Å². The summed E-state index contributed by atoms with van der Waals surface area (Å²) in [6, 6.07) is 6.20. The lowest BCUT2D eigenvalue weighted by atomic mass is 10.0. The molecule has 1 heterocycles. The lowest BCUT2D eigenvalue weighted by molar-refractivity contribution is 0.272. The molecule has 1 aromatic carbocycles. The predicted octanol–water partition coefficient (Wildman–Crippen LogP) is 2.83. The third-order valence-corrected chi connectivity index (χ3v) is 2.63. The van der Waals surface area contributed by atoms with Gasteiger partial charge in [0.05, 0.1) is 5.69 Å². The summed E-state index contributed by atoms with van der Waals surface area (Å²) in [5, 5.41) is 9.09. The zero-order valence-electron chi connectivity index (χ0n) is 9.87. The second kappa shape index (κ2) is 4.67. The van der Waals surface area contributed by atoms with E-state index in [1.54, 1.807) is 12.1 Å². The molecule has 2 N–H and O–H groups in total. The van der Waals surface area contributed by atoms with Crippen LogP contribution in [0.2, 0.25) is 0 Å². The molecule has 0 spiro atoms. The molecule has 0 aliphatic carbocycles. The van der Waals surface area contributed by atoms with Crippen molar-refractivity contribution in [1.29, 1.82) is 0 Å². The van der Waals surface area contributed by atoms with Crippen LogP contribution in [0.3, 0.4) is 0 Å². The van der Waals surface area contributed by atoms with Crippen LogP contribution >= 0.6 is 0 Å². The van der Waals surface area contributed by atoms with Gasteiger partial charge in [0.15, 0.2) is 0 Å². The SMILES string of the molecule is CC(C)c1[nH]c(CO)nc1-c1ccc(F)cc1. The van der Waals surface area contributed by atoms with Crippen molar-refractivity contribution in [2.75, 3.05) is 0 Å². The summed E-state index contributed by atoms with van der Waals surface area (Å²) in [4.78, 5) is 7.41. The Balaban J connectivity index is 2.49. The first-order valence-corrected chi connectivity index (χ1v) is 5.57. The van der Waals surface area contributed by atoms with E-state index < -0.39 is 0 Å². The minimum absolute atomic E-state index is 0.124. The number of nitrogens with zero attached hydrogens (tertiary/aromatic N) is 1. The molecule has 0 atom stereocenters. The van der Waals surface area contributed by atoms with Gasteiger partial charge in [0.2, 0.25) is 0 Å². The van der Waals surface area contributed by atoms with E-state index in [1.807, 2.05) is 13.8 Å². The smallest absolute Gasteiger partial charge is 0.132 e. The number of aromatic amines is 1. The molecule has 0 saturated heterocycles. The fraction of sp³-hybridized carbons (Fsp3) is 0.308. The van der Waals surface area contributed by atoms with Crippen molar-refractivity contribution in [2.45, 2.75) is 26.4 Å². The average molecular weight is 234 g/mol. The molecular formula is C13H15FN2O. The van der Waals surface area contributed by atoms with Gasteiger partial charge in [0.25, 0.3) is 0 Å². The first kappa shape index (κ1) is 11.8. The number of imidazole rings is 1. The molecule has 0 aliphatic rings. The highest BCUT2D eigenvalue weighted by atomic mass is 19.1. The van der Waals surface area contributed by atoms with Gasteiger partial charge in [0.1, 0.15) is 18.2 Å². The van der Waals surface area contributed by atoms with Crippen molar-refractivity contribution in [3.05, 3.63) is 41.6 Å². The fourth-order valence-electron chi connectivity index (χ4n) is 1.76. The lowest BCUT2D eigenvalue weighted by Crippen LogP contribution is -1.91. The van der Waals surface area contributed by atoms with Gasteiger partial charge in [-0.1, -0.05) is 13.8 Å². The van der Waals surface area contributed by atoms with Gasteiger partial charge in [0, 0.05) is 11.3 Å². The number of benzene rings is 1. The number of nitrogens with one attached hydrogen (secondary N) is 1. The van der Waals surface area contributed by atoms with Crippen LogP contribution in [0.5, 0.6) is 0 Å². The van der Waals surface area contributed by atoms with Crippen LogP contribution in [-0.4, -0.2) is 15.1 Å². The van der Waals surface area contributed by atoms with E-state index in [1.165, 1.54) is 12.1 Å². The van der Waals surface area contributed by atoms with Crippen LogP contribution in [0.1, 0.15) is 31.3 Å². The minimum Gasteiger partial charge on any atom is -0.388 e. The third-order valence-electron chi connectivity index (χ3n) is 2.63. The van der Waals surface area contributed by atoms with Crippen LogP contribution in [0.15, 0.2) is 24.3 Å². The summed E-state index contributed by atoms with van der Waals surface area (Å²) in [6.45, 7) is 3.96. The molecule has 0 saturated carbocycles. The van der Waals surface area contributed by atoms with Gasteiger partial charge >= 0.3 is 0 Å². The monoisotopic (exact) mass is 234 g/mol. The topological polar surface area (TPSA) is 48.9 Å². The van der Waals surface area contributed by atoms with E-state index in [0.717, 1.165) is 17.0 Å². The maximum atomic E-state index is 12.9. The normalized spacial score (nSPS) is 11.1. The summed E-state index contributed by atoms with van der Waals surface area (Å²) in [5.41, 5.74) is 2.59. The molecule has 1 aromatic heterocycles. The van der Waals surface area contributed by atoms with Gasteiger partial charge in [-0.2, -0.15) is 0 Å². The van der Waals surface area contributed by atoms with Crippen LogP contribution in [-0.2, 0) is 6.61 Å². The zero-order chi connectivity index (χ0) is 12.4. The third kappa shape index (κ3) is 2.36. The van der Waals surface area contributed by atoms with E-state index >= 15 is 0 Å². The Bertz CT molecular complexity index is 503. The molecule has 0 bridgehead atoms. The van der Waals surface area contributed by atoms with E-state index in [0.29, 0.717) is 5.82 Å². The lowest BCUT2D eigenvalue weighted by Gasteiger charge is -2.05. The molecule has 0 radical (unpaired) electrons. The van der Waals surface area contributed by atoms with Crippen LogP contribution in [0.25, 0.3) is 11.3 Å². The maximum Gasteiger partial charge on any atom is 0.132 e. The number of halogens is 1. The van der Waals surface area contributed by atoms with Gasteiger partial charge in [-0.15, -0.1) is 0 Å². The zero-order valence-corrected chi connectivity index (χ0v) is 9.87. The van der Waals surface area contributed by atoms with Crippen molar-refractivity contribution < 1.29 is 9.50 Å². The van der Waals surface area contributed by atoms with Gasteiger partial charge in [-0.05, 0) is 30.2 Å². The molecule has 0 aliphatic heterocycles. The summed E-state index contributed by atoms with van der Waals surface area (Å²) in [6.07, 6.45) is 0. The summed E-state index contributed by atoms with van der Waals surface area (Å²) in [7, 11) is 0. The standard InChI is InChI=1S/C13H15FN2O/c1-8(2)12-13(16-11(7-17)15-12)9-3-5-10(14)6-4-9/h3-6,8,17H,7H2,1-2H3,(H,15,16). The highest BCUT2D eigenvalue weighted by Crippen LogP contribution is 2.27. The molecule has 2 rings (SSSR count). The molecule has 0 fully saturated rings. The molecular weight excluding hydrogens is 219 g/mol. The first-order valence-electron chi connectivity index (χ1n) is 5.57. The van der Waals surface area contributed by atoms with Crippen LogP contribution in [0.4, 0.5) is 4.39 Å². The second-order valence-electron chi connectivity index (χ2n) is 4.27. The molecule has 0 unspecified atom stereocenters. The van der Waals surface area contributed by atoms with E-state index in [4.69, 9.17) is 5.11 Å². The Morgan fingerprint density at radius 1 is 1.29 bits per heavy atom. The summed E-state index contributed by atoms with van der Waals surface area (Å²) in [5.74, 6) is 0.536. The van der Waals surface area contributed by atoms with Crippen molar-refractivity contribution >= 4 is 0 Å². The van der Waals surface area contributed by atoms with E-state index in [2.05, 4.69) is 9.97 Å². The molecule has 2 aromatic rings. The predicted molar refractivity (Wildman–Crippen MR) is 64.0 cm³/mol. The van der Waals surface area contributed by atoms with Crippen molar-refractivity contribution in [2.24, 2.45) is 0 Å². The molecule has 3 nitrogen and oxygen atoms in total. The first-order chi connectivity index (χ1) is 8.11.